The lowest BCUT2D eigenvalue weighted by atomic mass is 9.95. The summed E-state index contributed by atoms with van der Waals surface area (Å²) < 4.78 is 0. The summed E-state index contributed by atoms with van der Waals surface area (Å²) >= 11 is 18.2. The molecule has 0 fully saturated rings. The summed E-state index contributed by atoms with van der Waals surface area (Å²) in [6.07, 6.45) is 0. The minimum Gasteiger partial charge on any atom is -0.309 e. The highest BCUT2D eigenvalue weighted by Crippen LogP contribution is 2.31. The van der Waals surface area contributed by atoms with Gasteiger partial charge in [0.15, 0.2) is 0 Å². The van der Waals surface area contributed by atoms with Crippen LogP contribution in [-0.2, 0) is 0 Å². The van der Waals surface area contributed by atoms with Gasteiger partial charge in [-0.3, -0.25) is 0 Å². The highest BCUT2D eigenvalue weighted by Gasteiger charge is 2.16. The largest absolute Gasteiger partial charge is 0.309 e. The Morgan fingerprint density at radius 3 is 2.32 bits per heavy atom. The van der Waals surface area contributed by atoms with E-state index in [2.05, 4.69) is 11.4 Å². The molecule has 1 nitrogen and oxygen atoms in total. The summed E-state index contributed by atoms with van der Waals surface area (Å²) in [5.74, 6) is 0. The molecule has 2 aromatic carbocycles. The van der Waals surface area contributed by atoms with Crippen molar-refractivity contribution in [1.82, 2.24) is 5.32 Å². The molecule has 19 heavy (non-hydrogen) atoms. The van der Waals surface area contributed by atoms with Crippen molar-refractivity contribution in [1.29, 1.82) is 0 Å². The maximum absolute atomic E-state index is 6.18. The molecule has 0 amide bonds. The normalized spacial score (nSPS) is 12.5. The lowest BCUT2D eigenvalue weighted by Gasteiger charge is -2.20. The van der Waals surface area contributed by atoms with E-state index in [0.717, 1.165) is 21.7 Å². The van der Waals surface area contributed by atoms with Gasteiger partial charge in [-0.25, -0.2) is 0 Å². The van der Waals surface area contributed by atoms with E-state index < -0.39 is 0 Å². The van der Waals surface area contributed by atoms with Crippen molar-refractivity contribution in [3.8, 4) is 0 Å². The summed E-state index contributed by atoms with van der Waals surface area (Å²) in [5, 5.41) is 5.16. The van der Waals surface area contributed by atoms with Crippen LogP contribution in [-0.4, -0.2) is 7.05 Å². The van der Waals surface area contributed by atoms with Gasteiger partial charge in [0.1, 0.15) is 0 Å². The van der Waals surface area contributed by atoms with Gasteiger partial charge < -0.3 is 5.32 Å². The minimum atomic E-state index is 0.0356. The SMILES string of the molecule is CNC(c1ccc(Cl)c(Cl)c1)c1cccc(Cl)c1C. The molecule has 4 heteroatoms. The van der Waals surface area contributed by atoms with Crippen molar-refractivity contribution in [2.24, 2.45) is 0 Å². The number of hydrogen-bond acceptors (Lipinski definition) is 1. The third kappa shape index (κ3) is 3.06. The molecular weight excluding hydrogens is 301 g/mol. The molecule has 1 atom stereocenters. The van der Waals surface area contributed by atoms with Gasteiger partial charge in [-0.15, -0.1) is 0 Å². The van der Waals surface area contributed by atoms with Gasteiger partial charge in [0.2, 0.25) is 0 Å². The van der Waals surface area contributed by atoms with Crippen LogP contribution < -0.4 is 5.32 Å². The van der Waals surface area contributed by atoms with Crippen molar-refractivity contribution in [2.75, 3.05) is 7.05 Å². The number of benzene rings is 2. The predicted octanol–water partition coefficient (Wildman–Crippen LogP) is 5.26. The fraction of sp³-hybridized carbons (Fsp3) is 0.200. The number of rotatable bonds is 3. The molecule has 0 heterocycles. The fourth-order valence-electron chi connectivity index (χ4n) is 2.13. The average Bonchev–Trinajstić information content (AvgIpc) is 2.39. The van der Waals surface area contributed by atoms with E-state index in [0.29, 0.717) is 10.0 Å². The first-order valence-corrected chi connectivity index (χ1v) is 7.05. The van der Waals surface area contributed by atoms with E-state index in [9.17, 15) is 0 Å². The number of hydrogen-bond donors (Lipinski definition) is 1. The second-order valence-corrected chi connectivity index (χ2v) is 5.57. The number of halogens is 3. The Morgan fingerprint density at radius 2 is 1.68 bits per heavy atom. The molecule has 0 saturated heterocycles. The summed E-state index contributed by atoms with van der Waals surface area (Å²) in [4.78, 5) is 0. The maximum Gasteiger partial charge on any atom is 0.0595 e. The standard InChI is InChI=1S/C15H14Cl3N/c1-9-11(4-3-5-12(9)16)15(19-2)10-6-7-13(17)14(18)8-10/h3-8,15,19H,1-2H3. The first-order chi connectivity index (χ1) is 9.04. The summed E-state index contributed by atoms with van der Waals surface area (Å²) in [7, 11) is 1.91. The Kier molecular flexibility index (Phi) is 4.75. The first kappa shape index (κ1) is 14.7. The van der Waals surface area contributed by atoms with E-state index in [4.69, 9.17) is 34.8 Å². The molecule has 0 radical (unpaired) electrons. The van der Waals surface area contributed by atoms with Crippen LogP contribution in [0.5, 0.6) is 0 Å². The van der Waals surface area contributed by atoms with Gasteiger partial charge in [0.05, 0.1) is 16.1 Å². The van der Waals surface area contributed by atoms with Crippen molar-refractivity contribution >= 4 is 34.8 Å². The molecule has 100 valence electrons. The fourth-order valence-corrected chi connectivity index (χ4v) is 2.62. The molecule has 1 unspecified atom stereocenters. The minimum absolute atomic E-state index is 0.0356. The highest BCUT2D eigenvalue weighted by molar-refractivity contribution is 6.42. The zero-order valence-electron chi connectivity index (χ0n) is 10.7. The zero-order chi connectivity index (χ0) is 14.0. The van der Waals surface area contributed by atoms with Crippen LogP contribution in [0.1, 0.15) is 22.7 Å². The second kappa shape index (κ2) is 6.15. The third-order valence-electron chi connectivity index (χ3n) is 3.19. The maximum atomic E-state index is 6.18. The van der Waals surface area contributed by atoms with Crippen LogP contribution in [0.25, 0.3) is 0 Å². The van der Waals surface area contributed by atoms with Gasteiger partial charge in [0, 0.05) is 5.02 Å². The molecular formula is C15H14Cl3N. The first-order valence-electron chi connectivity index (χ1n) is 5.92. The van der Waals surface area contributed by atoms with Gasteiger partial charge in [-0.05, 0) is 48.9 Å². The molecule has 0 spiro atoms. The third-order valence-corrected chi connectivity index (χ3v) is 4.33. The second-order valence-electron chi connectivity index (χ2n) is 4.35. The van der Waals surface area contributed by atoms with Crippen LogP contribution in [0.4, 0.5) is 0 Å². The van der Waals surface area contributed by atoms with E-state index in [1.807, 2.05) is 44.3 Å². The lowest BCUT2D eigenvalue weighted by Crippen LogP contribution is -2.18. The Balaban J connectivity index is 2.50. The Morgan fingerprint density at radius 1 is 0.947 bits per heavy atom. The molecule has 0 aromatic heterocycles. The van der Waals surface area contributed by atoms with Crippen molar-refractivity contribution in [3.63, 3.8) is 0 Å². The molecule has 2 rings (SSSR count). The Labute approximate surface area is 128 Å². The summed E-state index contributed by atoms with van der Waals surface area (Å²) in [6, 6.07) is 11.6. The monoisotopic (exact) mass is 313 g/mol. The molecule has 0 saturated carbocycles. The molecule has 0 aliphatic carbocycles. The van der Waals surface area contributed by atoms with Gasteiger partial charge in [-0.1, -0.05) is 53.0 Å². The smallest absolute Gasteiger partial charge is 0.0595 e. The zero-order valence-corrected chi connectivity index (χ0v) is 12.9. The molecule has 0 aliphatic rings. The van der Waals surface area contributed by atoms with Gasteiger partial charge in [0.25, 0.3) is 0 Å². The average molecular weight is 315 g/mol. The predicted molar refractivity (Wildman–Crippen MR) is 83.6 cm³/mol. The highest BCUT2D eigenvalue weighted by atomic mass is 35.5. The molecule has 1 N–H and O–H groups in total. The quantitative estimate of drug-likeness (QED) is 0.814. The van der Waals surface area contributed by atoms with Crippen molar-refractivity contribution in [3.05, 3.63) is 68.2 Å². The Bertz CT molecular complexity index is 596. The van der Waals surface area contributed by atoms with Gasteiger partial charge in [-0.2, -0.15) is 0 Å². The lowest BCUT2D eigenvalue weighted by molar-refractivity contribution is 0.688. The molecule has 2 aromatic rings. The molecule has 0 aliphatic heterocycles. The van der Waals surface area contributed by atoms with Crippen LogP contribution in [0.3, 0.4) is 0 Å². The van der Waals surface area contributed by atoms with Crippen molar-refractivity contribution in [2.45, 2.75) is 13.0 Å². The molecule has 0 bridgehead atoms. The summed E-state index contributed by atoms with van der Waals surface area (Å²) in [6.45, 7) is 2.01. The van der Waals surface area contributed by atoms with Crippen LogP contribution in [0, 0.1) is 6.92 Å². The topological polar surface area (TPSA) is 12.0 Å². The van der Waals surface area contributed by atoms with E-state index in [1.165, 1.54) is 0 Å². The summed E-state index contributed by atoms with van der Waals surface area (Å²) in [5.41, 5.74) is 3.25. The van der Waals surface area contributed by atoms with Crippen LogP contribution in [0.15, 0.2) is 36.4 Å². The van der Waals surface area contributed by atoms with Gasteiger partial charge >= 0.3 is 0 Å². The Hall–Kier alpha value is -0.730. The van der Waals surface area contributed by atoms with E-state index in [1.54, 1.807) is 0 Å². The van der Waals surface area contributed by atoms with E-state index in [-0.39, 0.29) is 6.04 Å². The van der Waals surface area contributed by atoms with Crippen LogP contribution >= 0.6 is 34.8 Å². The number of nitrogens with one attached hydrogen (secondary N) is 1. The van der Waals surface area contributed by atoms with Crippen molar-refractivity contribution < 1.29 is 0 Å². The van der Waals surface area contributed by atoms with Crippen LogP contribution in [0.2, 0.25) is 15.1 Å². The van der Waals surface area contributed by atoms with E-state index >= 15 is 0 Å².